The van der Waals surface area contributed by atoms with E-state index in [0.29, 0.717) is 6.61 Å². The zero-order valence-corrected chi connectivity index (χ0v) is 9.78. The lowest BCUT2D eigenvalue weighted by Crippen LogP contribution is -2.36. The molecule has 0 rings (SSSR count). The second-order valence-corrected chi connectivity index (χ2v) is 4.79. The average Bonchev–Trinajstić information content (AvgIpc) is 2.00. The Morgan fingerprint density at radius 1 is 1.40 bits per heavy atom. The molecule has 0 aliphatic carbocycles. The highest BCUT2D eigenvalue weighted by Gasteiger charge is 2.35. The van der Waals surface area contributed by atoms with E-state index in [4.69, 9.17) is 9.29 Å². The van der Waals surface area contributed by atoms with Crippen LogP contribution in [0.15, 0.2) is 0 Å². The first-order chi connectivity index (χ1) is 6.80. The molecule has 0 spiro atoms. The van der Waals surface area contributed by atoms with Crippen LogP contribution in [0.1, 0.15) is 20.8 Å². The summed E-state index contributed by atoms with van der Waals surface area (Å²) in [6.07, 6.45) is 0. The first kappa shape index (κ1) is 14.3. The van der Waals surface area contributed by atoms with Crippen LogP contribution in [0.2, 0.25) is 0 Å². The standard InChI is InChI=1S/C8H16O6S/c1-4-13-5-14-8(9)7(6(2)3)15(10,11)12/h6-7H,4-5H2,1-3H3,(H,10,11,12). The van der Waals surface area contributed by atoms with E-state index in [1.54, 1.807) is 6.92 Å². The Kier molecular flexibility index (Phi) is 5.77. The van der Waals surface area contributed by atoms with Crippen LogP contribution in [0.3, 0.4) is 0 Å². The van der Waals surface area contributed by atoms with Crippen LogP contribution < -0.4 is 0 Å². The molecule has 0 aromatic carbocycles. The number of rotatable bonds is 6. The Balaban J connectivity index is 4.46. The van der Waals surface area contributed by atoms with Crippen molar-refractivity contribution in [2.45, 2.75) is 26.0 Å². The largest absolute Gasteiger partial charge is 0.437 e. The lowest BCUT2D eigenvalue weighted by atomic mass is 10.1. The molecule has 0 aromatic rings. The molecular formula is C8H16O6S. The monoisotopic (exact) mass is 240 g/mol. The Morgan fingerprint density at radius 3 is 2.27 bits per heavy atom. The van der Waals surface area contributed by atoms with Gasteiger partial charge in [0.2, 0.25) is 0 Å². The van der Waals surface area contributed by atoms with Gasteiger partial charge in [-0.1, -0.05) is 13.8 Å². The van der Waals surface area contributed by atoms with Crippen molar-refractivity contribution < 1.29 is 27.2 Å². The van der Waals surface area contributed by atoms with Crippen LogP contribution in [-0.4, -0.2) is 37.6 Å². The lowest BCUT2D eigenvalue weighted by molar-refractivity contribution is -0.156. The van der Waals surface area contributed by atoms with Gasteiger partial charge in [0, 0.05) is 6.61 Å². The Labute approximate surface area is 89.3 Å². The van der Waals surface area contributed by atoms with Crippen molar-refractivity contribution in [2.24, 2.45) is 5.92 Å². The van der Waals surface area contributed by atoms with Gasteiger partial charge in [-0.25, -0.2) is 0 Å². The highest BCUT2D eigenvalue weighted by molar-refractivity contribution is 7.87. The van der Waals surface area contributed by atoms with Crippen LogP contribution in [0.4, 0.5) is 0 Å². The maximum Gasteiger partial charge on any atom is 0.329 e. The van der Waals surface area contributed by atoms with E-state index in [0.717, 1.165) is 0 Å². The molecule has 1 atom stereocenters. The normalized spacial score (nSPS) is 13.9. The molecule has 0 aliphatic heterocycles. The minimum atomic E-state index is -4.43. The molecule has 15 heavy (non-hydrogen) atoms. The van der Waals surface area contributed by atoms with Gasteiger partial charge in [0.25, 0.3) is 10.1 Å². The van der Waals surface area contributed by atoms with Gasteiger partial charge < -0.3 is 9.47 Å². The van der Waals surface area contributed by atoms with Crippen molar-refractivity contribution in [3.63, 3.8) is 0 Å². The molecule has 7 heteroatoms. The van der Waals surface area contributed by atoms with E-state index >= 15 is 0 Å². The fourth-order valence-electron chi connectivity index (χ4n) is 1.00. The van der Waals surface area contributed by atoms with Gasteiger partial charge in [0.05, 0.1) is 0 Å². The molecular weight excluding hydrogens is 224 g/mol. The van der Waals surface area contributed by atoms with Crippen molar-refractivity contribution in [2.75, 3.05) is 13.4 Å². The maximum atomic E-state index is 11.3. The van der Waals surface area contributed by atoms with Gasteiger partial charge >= 0.3 is 5.97 Å². The van der Waals surface area contributed by atoms with Gasteiger partial charge in [-0.3, -0.25) is 9.35 Å². The number of carbonyl (C=O) groups excluding carboxylic acids is 1. The zero-order valence-electron chi connectivity index (χ0n) is 8.97. The predicted molar refractivity (Wildman–Crippen MR) is 52.8 cm³/mol. The zero-order chi connectivity index (χ0) is 12.1. The molecule has 0 fully saturated rings. The quantitative estimate of drug-likeness (QED) is 0.313. The smallest absolute Gasteiger partial charge is 0.329 e. The summed E-state index contributed by atoms with van der Waals surface area (Å²) >= 11 is 0. The number of ether oxygens (including phenoxy) is 2. The van der Waals surface area contributed by atoms with E-state index < -0.39 is 27.3 Å². The number of hydrogen-bond acceptors (Lipinski definition) is 5. The van der Waals surface area contributed by atoms with E-state index in [1.165, 1.54) is 13.8 Å². The molecule has 0 radical (unpaired) electrons. The lowest BCUT2D eigenvalue weighted by Gasteiger charge is -2.15. The molecule has 90 valence electrons. The van der Waals surface area contributed by atoms with E-state index in [2.05, 4.69) is 4.74 Å². The van der Waals surface area contributed by atoms with Gasteiger partial charge in [-0.15, -0.1) is 0 Å². The summed E-state index contributed by atoms with van der Waals surface area (Å²) in [5.74, 6) is -1.56. The minimum absolute atomic E-state index is 0.311. The van der Waals surface area contributed by atoms with Crippen LogP contribution >= 0.6 is 0 Å². The van der Waals surface area contributed by atoms with Crippen molar-refractivity contribution in [1.29, 1.82) is 0 Å². The summed E-state index contributed by atoms with van der Waals surface area (Å²) in [5, 5.41) is -1.56. The molecule has 0 saturated carbocycles. The highest BCUT2D eigenvalue weighted by atomic mass is 32.2. The number of esters is 1. The van der Waals surface area contributed by atoms with Crippen molar-refractivity contribution in [3.8, 4) is 0 Å². The van der Waals surface area contributed by atoms with Crippen LogP contribution in [0.25, 0.3) is 0 Å². The minimum Gasteiger partial charge on any atom is -0.437 e. The highest BCUT2D eigenvalue weighted by Crippen LogP contribution is 2.12. The van der Waals surface area contributed by atoms with Crippen molar-refractivity contribution in [3.05, 3.63) is 0 Å². The number of hydrogen-bond donors (Lipinski definition) is 1. The van der Waals surface area contributed by atoms with Gasteiger partial charge in [0.1, 0.15) is 0 Å². The summed E-state index contributed by atoms with van der Waals surface area (Å²) in [6.45, 7) is 4.75. The second kappa shape index (κ2) is 6.04. The topological polar surface area (TPSA) is 89.9 Å². The van der Waals surface area contributed by atoms with E-state index in [1.807, 2.05) is 0 Å². The SMILES string of the molecule is CCOCOC(=O)C(C(C)C)S(=O)(=O)O. The maximum absolute atomic E-state index is 11.3. The number of carbonyl (C=O) groups is 1. The molecule has 0 amide bonds. The Hall–Kier alpha value is -0.660. The third kappa shape index (κ3) is 5.10. The summed E-state index contributed by atoms with van der Waals surface area (Å²) in [7, 11) is -4.43. The molecule has 1 N–H and O–H groups in total. The molecule has 0 saturated heterocycles. The van der Waals surface area contributed by atoms with Crippen LogP contribution in [0, 0.1) is 5.92 Å². The molecule has 6 nitrogen and oxygen atoms in total. The summed E-state index contributed by atoms with van der Waals surface area (Å²) in [5.41, 5.74) is 0. The van der Waals surface area contributed by atoms with E-state index in [9.17, 15) is 13.2 Å². The summed E-state index contributed by atoms with van der Waals surface area (Å²) in [6, 6.07) is 0. The van der Waals surface area contributed by atoms with E-state index in [-0.39, 0.29) is 6.79 Å². The third-order valence-corrected chi connectivity index (χ3v) is 3.03. The Bertz CT molecular complexity index is 294. The van der Waals surface area contributed by atoms with Crippen molar-refractivity contribution >= 4 is 16.1 Å². The molecule has 0 heterocycles. The summed E-state index contributed by atoms with van der Waals surface area (Å²) < 4.78 is 39.8. The molecule has 1 unspecified atom stereocenters. The van der Waals surface area contributed by atoms with Crippen LogP contribution in [0.5, 0.6) is 0 Å². The van der Waals surface area contributed by atoms with Gasteiger partial charge in [-0.05, 0) is 12.8 Å². The van der Waals surface area contributed by atoms with Gasteiger partial charge in [0.15, 0.2) is 12.0 Å². The molecule has 0 aliphatic rings. The first-order valence-electron chi connectivity index (χ1n) is 4.51. The molecule has 0 aromatic heterocycles. The second-order valence-electron chi connectivity index (χ2n) is 3.25. The predicted octanol–water partition coefficient (Wildman–Crippen LogP) is 0.436. The fourth-order valence-corrected chi connectivity index (χ4v) is 2.00. The van der Waals surface area contributed by atoms with Crippen molar-refractivity contribution in [1.82, 2.24) is 0 Å². The van der Waals surface area contributed by atoms with Gasteiger partial charge in [-0.2, -0.15) is 8.42 Å². The summed E-state index contributed by atoms with van der Waals surface area (Å²) in [4.78, 5) is 11.3. The van der Waals surface area contributed by atoms with Crippen LogP contribution in [-0.2, 0) is 24.4 Å². The Morgan fingerprint density at radius 2 is 1.93 bits per heavy atom. The molecule has 0 bridgehead atoms. The third-order valence-electron chi connectivity index (χ3n) is 1.65. The fraction of sp³-hybridized carbons (Fsp3) is 0.875. The first-order valence-corrected chi connectivity index (χ1v) is 6.01. The average molecular weight is 240 g/mol.